The van der Waals surface area contributed by atoms with Gasteiger partial charge in [-0.05, 0) is 37.1 Å². The molecule has 0 spiro atoms. The van der Waals surface area contributed by atoms with Gasteiger partial charge in [0.25, 0.3) is 0 Å². The summed E-state index contributed by atoms with van der Waals surface area (Å²) in [4.78, 5) is 8.89. The van der Waals surface area contributed by atoms with Crippen LogP contribution in [-0.4, -0.2) is 30.6 Å². The maximum Gasteiger partial charge on any atom is 0.191 e. The van der Waals surface area contributed by atoms with Crippen molar-refractivity contribution in [1.82, 2.24) is 15.6 Å². The highest BCUT2D eigenvalue weighted by Gasteiger charge is 2.01. The molecule has 0 aliphatic carbocycles. The van der Waals surface area contributed by atoms with Crippen LogP contribution in [0.2, 0.25) is 5.02 Å². The van der Waals surface area contributed by atoms with Crippen LogP contribution >= 0.6 is 35.6 Å². The lowest BCUT2D eigenvalue weighted by Gasteiger charge is -2.11. The quantitative estimate of drug-likeness (QED) is 0.378. The number of nitrogens with one attached hydrogen (secondary N) is 2. The predicted octanol–water partition coefficient (Wildman–Crippen LogP) is 3.69. The van der Waals surface area contributed by atoms with Gasteiger partial charge in [-0.25, -0.2) is 0 Å². The number of guanidine groups is 1. The molecule has 130 valence electrons. The third kappa shape index (κ3) is 7.49. The van der Waals surface area contributed by atoms with Crippen molar-refractivity contribution in [3.63, 3.8) is 0 Å². The third-order valence-electron chi connectivity index (χ3n) is 3.35. The fourth-order valence-corrected chi connectivity index (χ4v) is 2.42. The van der Waals surface area contributed by atoms with Gasteiger partial charge in [0.05, 0.1) is 0 Å². The summed E-state index contributed by atoms with van der Waals surface area (Å²) in [5.74, 6) is 0.829. The van der Waals surface area contributed by atoms with E-state index in [4.69, 9.17) is 11.6 Å². The minimum absolute atomic E-state index is 0. The number of aliphatic imine (C=N–C) groups is 1. The zero-order valence-electron chi connectivity index (χ0n) is 13.8. The summed E-state index contributed by atoms with van der Waals surface area (Å²) in [7, 11) is 0. The summed E-state index contributed by atoms with van der Waals surface area (Å²) < 4.78 is 0. The van der Waals surface area contributed by atoms with E-state index in [1.165, 1.54) is 0 Å². The van der Waals surface area contributed by atoms with Crippen molar-refractivity contribution in [3.8, 4) is 0 Å². The van der Waals surface area contributed by atoms with E-state index in [9.17, 15) is 0 Å². The molecular formula is C18H24ClIN4. The van der Waals surface area contributed by atoms with Gasteiger partial charge >= 0.3 is 0 Å². The number of pyridine rings is 1. The molecule has 0 unspecified atom stereocenters. The summed E-state index contributed by atoms with van der Waals surface area (Å²) in [5.41, 5.74) is 2.20. The van der Waals surface area contributed by atoms with Gasteiger partial charge in [-0.3, -0.25) is 9.98 Å². The zero-order chi connectivity index (χ0) is 16.3. The lowest BCUT2D eigenvalue weighted by atomic mass is 10.1. The molecule has 24 heavy (non-hydrogen) atoms. The Bertz CT molecular complexity index is 619. The van der Waals surface area contributed by atoms with Crippen molar-refractivity contribution in [2.24, 2.45) is 4.99 Å². The SMILES string of the molecule is CCNC(=NCCc1ccccn1)NCCc1ccccc1Cl.I. The molecule has 0 aliphatic heterocycles. The van der Waals surface area contributed by atoms with Gasteiger partial charge < -0.3 is 10.6 Å². The van der Waals surface area contributed by atoms with Crippen molar-refractivity contribution in [3.05, 3.63) is 64.9 Å². The minimum Gasteiger partial charge on any atom is -0.357 e. The van der Waals surface area contributed by atoms with Crippen molar-refractivity contribution < 1.29 is 0 Å². The summed E-state index contributed by atoms with van der Waals surface area (Å²) in [6, 6.07) is 13.9. The number of benzene rings is 1. The maximum atomic E-state index is 6.17. The molecule has 4 nitrogen and oxygen atoms in total. The summed E-state index contributed by atoms with van der Waals surface area (Å²) in [5, 5.41) is 7.41. The van der Waals surface area contributed by atoms with Crippen LogP contribution in [0.25, 0.3) is 0 Å². The number of nitrogens with zero attached hydrogens (tertiary/aromatic N) is 2. The standard InChI is InChI=1S/C18H23ClN4.HI/c1-2-20-18(23-14-11-16-8-5-6-12-21-16)22-13-10-15-7-3-4-9-17(15)19;/h3-9,12H,2,10-11,13-14H2,1H3,(H2,20,22,23);1H. The second-order valence-electron chi connectivity index (χ2n) is 5.10. The minimum atomic E-state index is 0. The Morgan fingerprint density at radius 2 is 1.88 bits per heavy atom. The molecule has 6 heteroatoms. The molecule has 0 atom stereocenters. The molecule has 0 amide bonds. The van der Waals surface area contributed by atoms with Crippen molar-refractivity contribution >= 4 is 41.5 Å². The van der Waals surface area contributed by atoms with Gasteiger partial charge in [0.1, 0.15) is 0 Å². The first-order valence-corrected chi connectivity index (χ1v) is 8.33. The number of aromatic nitrogens is 1. The van der Waals surface area contributed by atoms with Crippen LogP contribution < -0.4 is 10.6 Å². The molecule has 2 rings (SSSR count). The van der Waals surface area contributed by atoms with Gasteiger partial charge in [-0.15, -0.1) is 24.0 Å². The van der Waals surface area contributed by atoms with Crippen LogP contribution in [0, 0.1) is 0 Å². The van der Waals surface area contributed by atoms with Gasteiger partial charge in [0.2, 0.25) is 0 Å². The number of hydrogen-bond donors (Lipinski definition) is 2. The lowest BCUT2D eigenvalue weighted by Crippen LogP contribution is -2.38. The largest absolute Gasteiger partial charge is 0.357 e. The molecular weight excluding hydrogens is 435 g/mol. The smallest absolute Gasteiger partial charge is 0.191 e. The van der Waals surface area contributed by atoms with Gasteiger partial charge in [0.15, 0.2) is 5.96 Å². The van der Waals surface area contributed by atoms with Gasteiger partial charge in [-0.1, -0.05) is 35.9 Å². The first kappa shape index (κ1) is 20.7. The Balaban J connectivity index is 0.00000288. The molecule has 1 aromatic heterocycles. The van der Waals surface area contributed by atoms with Crippen molar-refractivity contribution in [1.29, 1.82) is 0 Å². The first-order chi connectivity index (χ1) is 11.3. The second-order valence-corrected chi connectivity index (χ2v) is 5.51. The molecule has 0 fully saturated rings. The topological polar surface area (TPSA) is 49.3 Å². The highest BCUT2D eigenvalue weighted by molar-refractivity contribution is 14.0. The van der Waals surface area contributed by atoms with Gasteiger partial charge in [-0.2, -0.15) is 0 Å². The van der Waals surface area contributed by atoms with E-state index in [0.29, 0.717) is 6.54 Å². The Kier molecular flexibility index (Phi) is 10.4. The van der Waals surface area contributed by atoms with Crippen molar-refractivity contribution in [2.45, 2.75) is 19.8 Å². The third-order valence-corrected chi connectivity index (χ3v) is 3.72. The van der Waals surface area contributed by atoms with E-state index in [2.05, 4.69) is 33.6 Å². The number of hydrogen-bond acceptors (Lipinski definition) is 2. The van der Waals surface area contributed by atoms with E-state index < -0.39 is 0 Å². The van der Waals surface area contributed by atoms with E-state index in [-0.39, 0.29) is 24.0 Å². The van der Waals surface area contributed by atoms with Crippen LogP contribution in [0.5, 0.6) is 0 Å². The average molecular weight is 459 g/mol. The van der Waals surface area contributed by atoms with Crippen LogP contribution in [-0.2, 0) is 12.8 Å². The summed E-state index contributed by atoms with van der Waals surface area (Å²) in [6.07, 6.45) is 3.51. The van der Waals surface area contributed by atoms with E-state index in [1.54, 1.807) is 0 Å². The lowest BCUT2D eigenvalue weighted by molar-refractivity contribution is 0.794. The monoisotopic (exact) mass is 458 g/mol. The van der Waals surface area contributed by atoms with Crippen LogP contribution in [0.1, 0.15) is 18.2 Å². The van der Waals surface area contributed by atoms with Crippen LogP contribution in [0.15, 0.2) is 53.7 Å². The van der Waals surface area contributed by atoms with E-state index in [0.717, 1.165) is 48.2 Å². The Morgan fingerprint density at radius 3 is 2.58 bits per heavy atom. The summed E-state index contributed by atoms with van der Waals surface area (Å²) >= 11 is 6.17. The molecule has 2 N–H and O–H groups in total. The second kappa shape index (κ2) is 12.1. The molecule has 0 saturated carbocycles. The predicted molar refractivity (Wildman–Crippen MR) is 112 cm³/mol. The molecule has 1 aromatic carbocycles. The molecule has 0 saturated heterocycles. The van der Waals surface area contributed by atoms with Crippen LogP contribution in [0.3, 0.4) is 0 Å². The Hall–Kier alpha value is -1.34. The molecule has 2 aromatic rings. The molecule has 0 radical (unpaired) electrons. The molecule has 1 heterocycles. The van der Waals surface area contributed by atoms with E-state index >= 15 is 0 Å². The van der Waals surface area contributed by atoms with Crippen molar-refractivity contribution in [2.75, 3.05) is 19.6 Å². The number of rotatable bonds is 7. The summed E-state index contributed by atoms with van der Waals surface area (Å²) in [6.45, 7) is 4.39. The first-order valence-electron chi connectivity index (χ1n) is 7.95. The molecule has 0 aliphatic rings. The molecule has 0 bridgehead atoms. The maximum absolute atomic E-state index is 6.17. The number of halogens is 2. The average Bonchev–Trinajstić information content (AvgIpc) is 2.57. The highest BCUT2D eigenvalue weighted by atomic mass is 127. The zero-order valence-corrected chi connectivity index (χ0v) is 16.9. The highest BCUT2D eigenvalue weighted by Crippen LogP contribution is 2.14. The normalized spacial score (nSPS) is 10.8. The van der Waals surface area contributed by atoms with Gasteiger partial charge in [0, 0.05) is 43.0 Å². The fraction of sp³-hybridized carbons (Fsp3) is 0.333. The Morgan fingerprint density at radius 1 is 1.08 bits per heavy atom. The Labute approximate surface area is 166 Å². The van der Waals surface area contributed by atoms with Crippen LogP contribution in [0.4, 0.5) is 0 Å². The fourth-order valence-electron chi connectivity index (χ4n) is 2.19. The van der Waals surface area contributed by atoms with E-state index in [1.807, 2.05) is 42.6 Å².